The van der Waals surface area contributed by atoms with Gasteiger partial charge in [0.15, 0.2) is 0 Å². The van der Waals surface area contributed by atoms with Crippen molar-refractivity contribution in [2.24, 2.45) is 0 Å². The Bertz CT molecular complexity index is 741. The van der Waals surface area contributed by atoms with Crippen molar-refractivity contribution in [3.63, 3.8) is 0 Å². The molecule has 3 rings (SSSR count). The first-order chi connectivity index (χ1) is 10.1. The molecule has 0 radical (unpaired) electrons. The fourth-order valence-electron chi connectivity index (χ4n) is 2.06. The predicted molar refractivity (Wildman–Crippen MR) is 81.5 cm³/mol. The number of carbonyl (C=O) groups is 1. The number of rotatable bonds is 3. The van der Waals surface area contributed by atoms with E-state index in [0.717, 1.165) is 16.3 Å². The molecule has 0 fully saturated rings. The van der Waals surface area contributed by atoms with Crippen LogP contribution in [0.1, 0.15) is 21.8 Å². The van der Waals surface area contributed by atoms with Gasteiger partial charge in [0.05, 0.1) is 5.69 Å². The summed E-state index contributed by atoms with van der Waals surface area (Å²) in [6.07, 6.45) is 1.77. The highest BCUT2D eigenvalue weighted by Gasteiger charge is 2.17. The van der Waals surface area contributed by atoms with Crippen LogP contribution >= 0.6 is 11.3 Å². The second-order valence-electron chi connectivity index (χ2n) is 4.57. The molecular formula is C15H13N3O2S. The quantitative estimate of drug-likeness (QED) is 0.801. The fourth-order valence-corrected chi connectivity index (χ4v) is 2.71. The average Bonchev–Trinajstić information content (AvgIpc) is 3.10. The molecule has 21 heavy (non-hydrogen) atoms. The van der Waals surface area contributed by atoms with Gasteiger partial charge in [-0.3, -0.25) is 4.79 Å². The molecule has 1 N–H and O–H groups in total. The van der Waals surface area contributed by atoms with Gasteiger partial charge in [0.25, 0.3) is 5.91 Å². The zero-order valence-corrected chi connectivity index (χ0v) is 12.4. The maximum Gasteiger partial charge on any atom is 0.261 e. The molecule has 0 aliphatic heterocycles. The minimum Gasteiger partial charge on any atom is -0.361 e. The number of thiazole rings is 1. The van der Waals surface area contributed by atoms with Crippen molar-refractivity contribution >= 4 is 22.9 Å². The number of amides is 1. The van der Waals surface area contributed by atoms with Crippen LogP contribution in [-0.2, 0) is 0 Å². The van der Waals surface area contributed by atoms with Crippen molar-refractivity contribution in [3.8, 4) is 10.6 Å². The second-order valence-corrected chi connectivity index (χ2v) is 5.46. The molecule has 0 saturated heterocycles. The molecule has 6 heteroatoms. The van der Waals surface area contributed by atoms with E-state index in [0.29, 0.717) is 17.0 Å². The van der Waals surface area contributed by atoms with E-state index >= 15 is 0 Å². The minimum atomic E-state index is -0.215. The van der Waals surface area contributed by atoms with E-state index < -0.39 is 0 Å². The monoisotopic (exact) mass is 299 g/mol. The predicted octanol–water partition coefficient (Wildman–Crippen LogP) is 3.67. The molecule has 0 spiro atoms. The number of carbonyl (C=O) groups excluding carboxylic acids is 1. The van der Waals surface area contributed by atoms with Crippen LogP contribution in [0.5, 0.6) is 0 Å². The fraction of sp³-hybridized carbons (Fsp3) is 0.133. The zero-order valence-electron chi connectivity index (χ0n) is 11.6. The van der Waals surface area contributed by atoms with E-state index in [1.54, 1.807) is 31.4 Å². The summed E-state index contributed by atoms with van der Waals surface area (Å²) in [4.78, 5) is 16.5. The number of nitrogens with zero attached hydrogens (tertiary/aromatic N) is 2. The Morgan fingerprint density at radius 1 is 1.24 bits per heavy atom. The van der Waals surface area contributed by atoms with Gasteiger partial charge in [0.2, 0.25) is 0 Å². The topological polar surface area (TPSA) is 68.0 Å². The first kappa shape index (κ1) is 13.5. The lowest BCUT2D eigenvalue weighted by molar-refractivity contribution is 0.102. The maximum absolute atomic E-state index is 12.2. The Morgan fingerprint density at radius 2 is 2.00 bits per heavy atom. The van der Waals surface area contributed by atoms with Crippen LogP contribution in [0, 0.1) is 13.8 Å². The summed E-state index contributed by atoms with van der Waals surface area (Å²) in [6.45, 7) is 3.47. The van der Waals surface area contributed by atoms with Gasteiger partial charge in [-0.25, -0.2) is 4.98 Å². The van der Waals surface area contributed by atoms with Crippen LogP contribution in [0.25, 0.3) is 10.6 Å². The van der Waals surface area contributed by atoms with E-state index in [9.17, 15) is 4.79 Å². The standard InChI is InChI=1S/C15H13N3O2S/c1-9-13(10(2)20-18-9)14(19)17-12-5-3-11(4-6-12)15-16-7-8-21-15/h3-8H,1-2H3,(H,17,19). The molecule has 0 saturated carbocycles. The zero-order chi connectivity index (χ0) is 14.8. The molecular weight excluding hydrogens is 286 g/mol. The van der Waals surface area contributed by atoms with Crippen LogP contribution < -0.4 is 5.32 Å². The second kappa shape index (κ2) is 5.49. The van der Waals surface area contributed by atoms with Gasteiger partial charge in [-0.15, -0.1) is 11.3 Å². The number of anilines is 1. The summed E-state index contributed by atoms with van der Waals surface area (Å²) < 4.78 is 5.00. The molecule has 0 aliphatic carbocycles. The number of nitrogens with one attached hydrogen (secondary N) is 1. The molecule has 1 aromatic carbocycles. The molecule has 2 heterocycles. The number of hydrogen-bond acceptors (Lipinski definition) is 5. The molecule has 0 bridgehead atoms. The number of benzene rings is 1. The first-order valence-electron chi connectivity index (χ1n) is 6.39. The minimum absolute atomic E-state index is 0.215. The smallest absolute Gasteiger partial charge is 0.261 e. The largest absolute Gasteiger partial charge is 0.361 e. The molecule has 106 valence electrons. The van der Waals surface area contributed by atoms with Gasteiger partial charge in [-0.2, -0.15) is 0 Å². The van der Waals surface area contributed by atoms with Crippen LogP contribution in [0.15, 0.2) is 40.4 Å². The Morgan fingerprint density at radius 3 is 2.57 bits per heavy atom. The molecule has 5 nitrogen and oxygen atoms in total. The van der Waals surface area contributed by atoms with Crippen molar-refractivity contribution in [1.82, 2.24) is 10.1 Å². The lowest BCUT2D eigenvalue weighted by Gasteiger charge is -2.05. The average molecular weight is 299 g/mol. The van der Waals surface area contributed by atoms with Gasteiger partial charge in [0.1, 0.15) is 16.3 Å². The summed E-state index contributed by atoms with van der Waals surface area (Å²) in [5, 5.41) is 9.52. The third kappa shape index (κ3) is 2.71. The van der Waals surface area contributed by atoms with Gasteiger partial charge in [-0.1, -0.05) is 5.16 Å². The summed E-state index contributed by atoms with van der Waals surface area (Å²) in [5.74, 6) is 0.303. The van der Waals surface area contributed by atoms with Crippen LogP contribution in [0.2, 0.25) is 0 Å². The third-order valence-electron chi connectivity index (χ3n) is 3.08. The van der Waals surface area contributed by atoms with Crippen molar-refractivity contribution in [3.05, 3.63) is 52.9 Å². The molecule has 0 aliphatic rings. The highest BCUT2D eigenvalue weighted by molar-refractivity contribution is 7.13. The maximum atomic E-state index is 12.2. The molecule has 0 atom stereocenters. The lowest BCUT2D eigenvalue weighted by atomic mass is 10.1. The van der Waals surface area contributed by atoms with Crippen molar-refractivity contribution in [2.75, 3.05) is 5.32 Å². The van der Waals surface area contributed by atoms with Crippen LogP contribution in [0.4, 0.5) is 5.69 Å². The van der Waals surface area contributed by atoms with Gasteiger partial charge >= 0.3 is 0 Å². The highest BCUT2D eigenvalue weighted by atomic mass is 32.1. The molecule has 0 unspecified atom stereocenters. The normalized spacial score (nSPS) is 10.6. The number of hydrogen-bond donors (Lipinski definition) is 1. The van der Waals surface area contributed by atoms with Gasteiger partial charge in [0, 0.05) is 22.8 Å². The molecule has 1 amide bonds. The van der Waals surface area contributed by atoms with E-state index in [1.165, 1.54) is 0 Å². The highest BCUT2D eigenvalue weighted by Crippen LogP contribution is 2.23. The van der Waals surface area contributed by atoms with Crippen molar-refractivity contribution in [2.45, 2.75) is 13.8 Å². The number of aromatic nitrogens is 2. The Hall–Kier alpha value is -2.47. The number of aryl methyl sites for hydroxylation is 2. The van der Waals surface area contributed by atoms with Crippen molar-refractivity contribution in [1.29, 1.82) is 0 Å². The molecule has 3 aromatic rings. The summed E-state index contributed by atoms with van der Waals surface area (Å²) >= 11 is 1.58. The lowest BCUT2D eigenvalue weighted by Crippen LogP contribution is -2.13. The Labute approximate surface area is 125 Å². The van der Waals surface area contributed by atoms with E-state index in [-0.39, 0.29) is 5.91 Å². The summed E-state index contributed by atoms with van der Waals surface area (Å²) in [5.41, 5.74) is 2.82. The van der Waals surface area contributed by atoms with Gasteiger partial charge in [-0.05, 0) is 38.1 Å². The summed E-state index contributed by atoms with van der Waals surface area (Å²) in [7, 11) is 0. The van der Waals surface area contributed by atoms with Crippen molar-refractivity contribution < 1.29 is 9.32 Å². The van der Waals surface area contributed by atoms with Crippen LogP contribution in [0.3, 0.4) is 0 Å². The first-order valence-corrected chi connectivity index (χ1v) is 7.27. The van der Waals surface area contributed by atoms with E-state index in [4.69, 9.17) is 4.52 Å². The van der Waals surface area contributed by atoms with E-state index in [2.05, 4.69) is 15.5 Å². The SMILES string of the molecule is Cc1noc(C)c1C(=O)Nc1ccc(-c2nccs2)cc1. The Balaban J connectivity index is 1.78. The van der Waals surface area contributed by atoms with Gasteiger partial charge < -0.3 is 9.84 Å². The van der Waals surface area contributed by atoms with Crippen LogP contribution in [-0.4, -0.2) is 16.0 Å². The third-order valence-corrected chi connectivity index (χ3v) is 3.90. The molecule has 2 aromatic heterocycles. The van der Waals surface area contributed by atoms with E-state index in [1.807, 2.05) is 29.6 Å². The Kier molecular flexibility index (Phi) is 3.53. The summed E-state index contributed by atoms with van der Waals surface area (Å²) in [6, 6.07) is 7.57.